The highest BCUT2D eigenvalue weighted by molar-refractivity contribution is 7.15. The summed E-state index contributed by atoms with van der Waals surface area (Å²) < 4.78 is 9.84. The molecule has 0 aliphatic carbocycles. The second-order valence-electron chi connectivity index (χ2n) is 4.80. The van der Waals surface area contributed by atoms with Crippen LogP contribution in [0.15, 0.2) is 22.7 Å². The lowest BCUT2D eigenvalue weighted by Crippen LogP contribution is -2.23. The van der Waals surface area contributed by atoms with Crippen LogP contribution in [0.2, 0.25) is 0 Å². The van der Waals surface area contributed by atoms with Crippen molar-refractivity contribution >= 4 is 17.2 Å². The zero-order valence-electron chi connectivity index (χ0n) is 12.6. The normalized spacial score (nSPS) is 10.9. The second kappa shape index (κ2) is 6.71. The standard InChI is InChI=1S/C14H15N5O3S/c1-8-3-4-11(23-8)9-5-10(18-17-9)14(20)15-6-12-16-13(7-21-2)22-19-12/h3-5H,6-7H2,1-2H3,(H,15,20)(H,17,18). The van der Waals surface area contributed by atoms with E-state index in [-0.39, 0.29) is 19.1 Å². The van der Waals surface area contributed by atoms with E-state index in [1.807, 2.05) is 19.1 Å². The molecule has 9 heteroatoms. The average molecular weight is 333 g/mol. The molecule has 23 heavy (non-hydrogen) atoms. The first-order valence-electron chi connectivity index (χ1n) is 6.86. The molecule has 0 aliphatic heterocycles. The lowest BCUT2D eigenvalue weighted by Gasteiger charge is -1.97. The lowest BCUT2D eigenvalue weighted by molar-refractivity contribution is 0.0944. The molecule has 0 fully saturated rings. The summed E-state index contributed by atoms with van der Waals surface area (Å²) in [6.45, 7) is 2.43. The van der Waals surface area contributed by atoms with Crippen molar-refractivity contribution in [3.8, 4) is 10.6 Å². The molecule has 0 aromatic carbocycles. The summed E-state index contributed by atoms with van der Waals surface area (Å²) in [5.74, 6) is 0.445. The molecule has 0 spiro atoms. The maximum absolute atomic E-state index is 12.1. The molecule has 0 saturated heterocycles. The number of rotatable bonds is 6. The quantitative estimate of drug-likeness (QED) is 0.714. The Hall–Kier alpha value is -2.52. The predicted molar refractivity (Wildman–Crippen MR) is 82.8 cm³/mol. The van der Waals surface area contributed by atoms with Gasteiger partial charge in [0.1, 0.15) is 6.61 Å². The van der Waals surface area contributed by atoms with E-state index in [0.717, 1.165) is 10.6 Å². The molecule has 3 aromatic rings. The van der Waals surface area contributed by atoms with Crippen molar-refractivity contribution in [3.63, 3.8) is 0 Å². The minimum absolute atomic E-state index is 0.159. The summed E-state index contributed by atoms with van der Waals surface area (Å²) in [7, 11) is 1.54. The van der Waals surface area contributed by atoms with E-state index in [1.54, 1.807) is 17.4 Å². The van der Waals surface area contributed by atoms with Gasteiger partial charge in [-0.2, -0.15) is 10.1 Å². The number of carbonyl (C=O) groups excluding carboxylic acids is 1. The topological polar surface area (TPSA) is 106 Å². The molecule has 2 N–H and O–H groups in total. The largest absolute Gasteiger partial charge is 0.375 e. The molecule has 0 atom stereocenters. The molecule has 3 heterocycles. The summed E-state index contributed by atoms with van der Waals surface area (Å²) in [4.78, 5) is 18.4. The van der Waals surface area contributed by atoms with Crippen LogP contribution >= 0.6 is 11.3 Å². The molecular weight excluding hydrogens is 318 g/mol. The van der Waals surface area contributed by atoms with E-state index in [0.29, 0.717) is 17.4 Å². The van der Waals surface area contributed by atoms with Gasteiger partial charge in [0.15, 0.2) is 11.5 Å². The van der Waals surface area contributed by atoms with Crippen LogP contribution in [0.3, 0.4) is 0 Å². The van der Waals surface area contributed by atoms with Crippen molar-refractivity contribution in [1.82, 2.24) is 25.7 Å². The van der Waals surface area contributed by atoms with E-state index in [2.05, 4.69) is 25.7 Å². The highest BCUT2D eigenvalue weighted by atomic mass is 32.1. The van der Waals surface area contributed by atoms with E-state index in [1.165, 1.54) is 12.0 Å². The smallest absolute Gasteiger partial charge is 0.272 e. The maximum atomic E-state index is 12.1. The Bertz CT molecular complexity index is 807. The number of aryl methyl sites for hydroxylation is 1. The monoisotopic (exact) mass is 333 g/mol. The predicted octanol–water partition coefficient (Wildman–Crippen LogP) is 1.91. The Morgan fingerprint density at radius 3 is 3.09 bits per heavy atom. The van der Waals surface area contributed by atoms with E-state index in [4.69, 9.17) is 9.26 Å². The third kappa shape index (κ3) is 3.63. The molecule has 0 unspecified atom stereocenters. The summed E-state index contributed by atoms with van der Waals surface area (Å²) in [6.07, 6.45) is 0. The Morgan fingerprint density at radius 2 is 2.35 bits per heavy atom. The van der Waals surface area contributed by atoms with Gasteiger partial charge in [0.2, 0.25) is 0 Å². The first-order chi connectivity index (χ1) is 11.2. The summed E-state index contributed by atoms with van der Waals surface area (Å²) in [6, 6.07) is 5.73. The van der Waals surface area contributed by atoms with E-state index >= 15 is 0 Å². The van der Waals surface area contributed by atoms with Gasteiger partial charge in [-0.25, -0.2) is 0 Å². The molecule has 8 nitrogen and oxygen atoms in total. The van der Waals surface area contributed by atoms with Crippen molar-refractivity contribution in [1.29, 1.82) is 0 Å². The average Bonchev–Trinajstić information content (AvgIpc) is 3.25. The Balaban J connectivity index is 1.61. The van der Waals surface area contributed by atoms with Crippen LogP contribution < -0.4 is 5.32 Å². The van der Waals surface area contributed by atoms with Crippen LogP contribution in [0.25, 0.3) is 10.6 Å². The van der Waals surface area contributed by atoms with Crippen LogP contribution in [0.1, 0.15) is 27.1 Å². The minimum Gasteiger partial charge on any atom is -0.375 e. The molecule has 0 aliphatic rings. The fourth-order valence-corrected chi connectivity index (χ4v) is 2.77. The Labute approximate surface area is 135 Å². The number of thiophene rings is 1. The third-order valence-corrected chi connectivity index (χ3v) is 4.04. The molecule has 3 aromatic heterocycles. The maximum Gasteiger partial charge on any atom is 0.272 e. The molecular formula is C14H15N5O3S. The van der Waals surface area contributed by atoms with Gasteiger partial charge in [-0.15, -0.1) is 11.3 Å². The molecule has 1 amide bonds. The number of nitrogens with zero attached hydrogens (tertiary/aromatic N) is 3. The number of ether oxygens (including phenoxy) is 1. The molecule has 120 valence electrons. The van der Waals surface area contributed by atoms with Gasteiger partial charge in [0, 0.05) is 12.0 Å². The zero-order valence-corrected chi connectivity index (χ0v) is 13.4. The minimum atomic E-state index is -0.307. The van der Waals surface area contributed by atoms with Gasteiger partial charge >= 0.3 is 0 Å². The zero-order chi connectivity index (χ0) is 16.2. The first-order valence-corrected chi connectivity index (χ1v) is 7.68. The van der Waals surface area contributed by atoms with Crippen molar-refractivity contribution in [2.24, 2.45) is 0 Å². The number of aromatic amines is 1. The number of nitrogens with one attached hydrogen (secondary N) is 2. The van der Waals surface area contributed by atoms with Gasteiger partial charge in [-0.1, -0.05) is 5.16 Å². The van der Waals surface area contributed by atoms with Crippen LogP contribution in [0.5, 0.6) is 0 Å². The highest BCUT2D eigenvalue weighted by Gasteiger charge is 2.13. The van der Waals surface area contributed by atoms with Gasteiger partial charge in [0.25, 0.3) is 11.8 Å². The third-order valence-electron chi connectivity index (χ3n) is 3.00. The Morgan fingerprint density at radius 1 is 1.48 bits per heavy atom. The second-order valence-corrected chi connectivity index (χ2v) is 6.09. The fraction of sp³-hybridized carbons (Fsp3) is 0.286. The molecule has 0 bridgehead atoms. The van der Waals surface area contributed by atoms with Crippen molar-refractivity contribution in [3.05, 3.63) is 40.5 Å². The fourth-order valence-electron chi connectivity index (χ4n) is 1.94. The summed E-state index contributed by atoms with van der Waals surface area (Å²) in [5.41, 5.74) is 1.13. The van der Waals surface area contributed by atoms with E-state index in [9.17, 15) is 4.79 Å². The summed E-state index contributed by atoms with van der Waals surface area (Å²) >= 11 is 1.64. The number of amides is 1. The van der Waals surface area contributed by atoms with Gasteiger partial charge in [-0.05, 0) is 25.1 Å². The van der Waals surface area contributed by atoms with Gasteiger partial charge < -0.3 is 14.6 Å². The molecule has 3 rings (SSSR count). The van der Waals surface area contributed by atoms with Gasteiger partial charge in [-0.3, -0.25) is 9.89 Å². The number of H-pyrrole nitrogens is 1. The highest BCUT2D eigenvalue weighted by Crippen LogP contribution is 2.26. The number of hydrogen-bond donors (Lipinski definition) is 2. The summed E-state index contributed by atoms with van der Waals surface area (Å²) in [5, 5.41) is 13.3. The van der Waals surface area contributed by atoms with Crippen molar-refractivity contribution in [2.75, 3.05) is 7.11 Å². The van der Waals surface area contributed by atoms with E-state index < -0.39 is 0 Å². The lowest BCUT2D eigenvalue weighted by atomic mass is 10.3. The first kappa shape index (κ1) is 15.4. The van der Waals surface area contributed by atoms with Crippen molar-refractivity contribution in [2.45, 2.75) is 20.1 Å². The number of aromatic nitrogens is 4. The molecule has 0 saturated carbocycles. The SMILES string of the molecule is COCc1nc(CNC(=O)c2cc(-c3ccc(C)s3)[nH]n2)no1. The van der Waals surface area contributed by atoms with Crippen LogP contribution in [0, 0.1) is 6.92 Å². The number of methoxy groups -OCH3 is 1. The van der Waals surface area contributed by atoms with Crippen LogP contribution in [-0.2, 0) is 17.9 Å². The van der Waals surface area contributed by atoms with Crippen LogP contribution in [-0.4, -0.2) is 33.4 Å². The molecule has 0 radical (unpaired) electrons. The van der Waals surface area contributed by atoms with Crippen molar-refractivity contribution < 1.29 is 14.1 Å². The number of carbonyl (C=O) groups is 1. The van der Waals surface area contributed by atoms with Gasteiger partial charge in [0.05, 0.1) is 17.1 Å². The van der Waals surface area contributed by atoms with Crippen LogP contribution in [0.4, 0.5) is 0 Å². The Kier molecular flexibility index (Phi) is 4.49. The number of hydrogen-bond acceptors (Lipinski definition) is 7.